The van der Waals surface area contributed by atoms with Crippen molar-refractivity contribution in [3.8, 4) is 5.75 Å². The van der Waals surface area contributed by atoms with Gasteiger partial charge in [0, 0.05) is 25.2 Å². The Hall–Kier alpha value is -2.52. The van der Waals surface area contributed by atoms with Gasteiger partial charge < -0.3 is 30.6 Å². The van der Waals surface area contributed by atoms with E-state index in [4.69, 9.17) is 0 Å². The Balaban J connectivity index is 1.56. The van der Waals surface area contributed by atoms with E-state index in [9.17, 15) is 25.2 Å². The van der Waals surface area contributed by atoms with Crippen molar-refractivity contribution in [3.05, 3.63) is 58.9 Å². The highest BCUT2D eigenvalue weighted by molar-refractivity contribution is 5.79. The second-order valence-electron chi connectivity index (χ2n) is 9.10. The molecule has 1 aliphatic rings. The summed E-state index contributed by atoms with van der Waals surface area (Å²) < 4.78 is 0. The number of aromatic hydroxyl groups is 1. The molecule has 2 aromatic rings. The number of hydrogen-bond donors (Lipinski definition) is 5. The highest BCUT2D eigenvalue weighted by atomic mass is 16.3. The molecule has 1 amide bonds. The number of hydrogen-bond acceptors (Lipinski definition) is 7. The minimum atomic E-state index is -0.889. The number of carbonyl (C=O) groups excluding carboxylic acids is 1. The van der Waals surface area contributed by atoms with Crippen molar-refractivity contribution < 1.29 is 25.2 Å². The lowest BCUT2D eigenvalue weighted by atomic mass is 9.93. The van der Waals surface area contributed by atoms with Crippen molar-refractivity contribution in [2.24, 2.45) is 0 Å². The first-order valence-electron chi connectivity index (χ1n) is 10.9. The Labute approximate surface area is 188 Å². The predicted molar refractivity (Wildman–Crippen MR) is 120 cm³/mol. The first-order chi connectivity index (χ1) is 15.2. The average molecular weight is 444 g/mol. The summed E-state index contributed by atoms with van der Waals surface area (Å²) in [5.41, 5.74) is 2.20. The van der Waals surface area contributed by atoms with E-state index in [-0.39, 0.29) is 29.4 Å². The van der Waals surface area contributed by atoms with Gasteiger partial charge in [-0.05, 0) is 49.9 Å². The van der Waals surface area contributed by atoms with Gasteiger partial charge in [-0.15, -0.1) is 0 Å². The van der Waals surface area contributed by atoms with Gasteiger partial charge in [-0.1, -0.05) is 24.3 Å². The fraction of sp³-hybridized carbons (Fsp3) is 0.500. The summed E-state index contributed by atoms with van der Waals surface area (Å²) in [6.07, 6.45) is 0.333. The number of aromatic nitrogens is 1. The molecule has 0 radical (unpaired) electrons. The number of nitrogens with one attached hydrogen (secondary N) is 1. The Morgan fingerprint density at radius 1 is 1.28 bits per heavy atom. The van der Waals surface area contributed by atoms with Crippen molar-refractivity contribution >= 4 is 5.91 Å². The summed E-state index contributed by atoms with van der Waals surface area (Å²) in [6.45, 7) is 4.94. The van der Waals surface area contributed by atoms with E-state index in [1.807, 2.05) is 38.1 Å². The zero-order valence-electron chi connectivity index (χ0n) is 18.7. The molecule has 0 bridgehead atoms. The molecule has 5 N–H and O–H groups in total. The monoisotopic (exact) mass is 443 g/mol. The van der Waals surface area contributed by atoms with E-state index in [0.29, 0.717) is 38.0 Å². The maximum atomic E-state index is 12.5. The van der Waals surface area contributed by atoms with Crippen LogP contribution in [0.2, 0.25) is 0 Å². The van der Waals surface area contributed by atoms with Crippen molar-refractivity contribution in [1.29, 1.82) is 0 Å². The first-order valence-corrected chi connectivity index (χ1v) is 10.9. The fourth-order valence-corrected chi connectivity index (χ4v) is 3.97. The van der Waals surface area contributed by atoms with E-state index in [0.717, 1.165) is 11.1 Å². The van der Waals surface area contributed by atoms with Crippen molar-refractivity contribution in [2.75, 3.05) is 19.6 Å². The van der Waals surface area contributed by atoms with E-state index in [1.54, 1.807) is 4.90 Å². The molecule has 32 heavy (non-hydrogen) atoms. The van der Waals surface area contributed by atoms with Gasteiger partial charge in [0.05, 0.1) is 24.8 Å². The number of amides is 1. The van der Waals surface area contributed by atoms with E-state index < -0.39 is 18.8 Å². The molecular formula is C24H33N3O5. The largest absolute Gasteiger partial charge is 0.506 e. The number of nitrogens with zero attached hydrogens (tertiary/aromatic N) is 2. The number of pyridine rings is 1. The van der Waals surface area contributed by atoms with Gasteiger partial charge in [0.1, 0.15) is 17.5 Å². The van der Waals surface area contributed by atoms with Crippen LogP contribution in [-0.4, -0.2) is 67.5 Å². The van der Waals surface area contributed by atoms with Gasteiger partial charge in [0.2, 0.25) is 5.91 Å². The molecule has 8 heteroatoms. The maximum Gasteiger partial charge on any atom is 0.227 e. The summed E-state index contributed by atoms with van der Waals surface area (Å²) in [5.74, 6) is -0.0705. The lowest BCUT2D eigenvalue weighted by Gasteiger charge is -2.28. The third-order valence-electron chi connectivity index (χ3n) is 5.75. The molecule has 2 heterocycles. The summed E-state index contributed by atoms with van der Waals surface area (Å²) >= 11 is 0. The molecule has 8 nitrogen and oxygen atoms in total. The molecule has 1 aromatic heterocycles. The van der Waals surface area contributed by atoms with Gasteiger partial charge in [0.25, 0.3) is 0 Å². The molecule has 0 saturated carbocycles. The number of benzene rings is 1. The Bertz CT molecular complexity index is 934. The SMILES string of the molecule is CC(C)(Cc1cccc(CC(=O)N2CCC(O)C2)c1)NCC(O)c1ccc(O)c(CO)n1. The van der Waals surface area contributed by atoms with Crippen LogP contribution in [0.4, 0.5) is 0 Å². The van der Waals surface area contributed by atoms with Crippen LogP contribution in [0, 0.1) is 0 Å². The summed E-state index contributed by atoms with van der Waals surface area (Å²) in [7, 11) is 0. The third kappa shape index (κ3) is 6.49. The van der Waals surface area contributed by atoms with Crippen LogP contribution in [-0.2, 0) is 24.2 Å². The number of carbonyl (C=O) groups is 1. The highest BCUT2D eigenvalue weighted by Gasteiger charge is 2.25. The number of aliphatic hydroxyl groups is 3. The minimum absolute atomic E-state index is 0.0304. The Morgan fingerprint density at radius 3 is 2.72 bits per heavy atom. The quantitative estimate of drug-likeness (QED) is 0.392. The second kappa shape index (κ2) is 10.4. The van der Waals surface area contributed by atoms with E-state index in [2.05, 4.69) is 10.3 Å². The Kier molecular flexibility index (Phi) is 7.84. The third-order valence-corrected chi connectivity index (χ3v) is 5.75. The molecule has 1 aliphatic heterocycles. The average Bonchev–Trinajstić information content (AvgIpc) is 3.19. The highest BCUT2D eigenvalue weighted by Crippen LogP contribution is 2.20. The summed E-state index contributed by atoms with van der Waals surface area (Å²) in [4.78, 5) is 18.3. The van der Waals surface area contributed by atoms with Crippen LogP contribution in [0.5, 0.6) is 5.75 Å². The maximum absolute atomic E-state index is 12.5. The van der Waals surface area contributed by atoms with Gasteiger partial charge in [-0.25, -0.2) is 4.98 Å². The topological polar surface area (TPSA) is 126 Å². The summed E-state index contributed by atoms with van der Waals surface area (Å²) in [5, 5.41) is 42.3. The molecule has 174 valence electrons. The molecular weight excluding hydrogens is 410 g/mol. The van der Waals surface area contributed by atoms with E-state index in [1.165, 1.54) is 12.1 Å². The standard InChI is InChI=1S/C24H33N3O5/c1-24(2,25-13-22(31)19-6-7-21(30)20(15-28)26-19)12-17-5-3-4-16(10-17)11-23(32)27-9-8-18(29)14-27/h3-7,10,18,22,25,28-31H,8-9,11-15H2,1-2H3. The van der Waals surface area contributed by atoms with Crippen LogP contribution < -0.4 is 5.32 Å². The fourth-order valence-electron chi connectivity index (χ4n) is 3.97. The smallest absolute Gasteiger partial charge is 0.227 e. The van der Waals surface area contributed by atoms with Gasteiger partial charge in [0.15, 0.2) is 0 Å². The van der Waals surface area contributed by atoms with Crippen LogP contribution >= 0.6 is 0 Å². The van der Waals surface area contributed by atoms with E-state index >= 15 is 0 Å². The lowest BCUT2D eigenvalue weighted by Crippen LogP contribution is -2.43. The summed E-state index contributed by atoms with van der Waals surface area (Å²) in [6, 6.07) is 10.9. The van der Waals surface area contributed by atoms with Crippen molar-refractivity contribution in [1.82, 2.24) is 15.2 Å². The molecule has 3 rings (SSSR count). The molecule has 1 fully saturated rings. The molecule has 0 aliphatic carbocycles. The first kappa shape index (κ1) is 24.1. The number of β-amino-alcohol motifs (C(OH)–C–C–N with tert-alkyl or cyclic N) is 2. The van der Waals surface area contributed by atoms with Crippen LogP contribution in [0.25, 0.3) is 0 Å². The van der Waals surface area contributed by atoms with Gasteiger partial charge in [-0.3, -0.25) is 4.79 Å². The molecule has 1 aromatic carbocycles. The Morgan fingerprint density at radius 2 is 2.03 bits per heavy atom. The zero-order valence-corrected chi connectivity index (χ0v) is 18.7. The zero-order chi connectivity index (χ0) is 23.3. The molecule has 2 unspecified atom stereocenters. The number of aliphatic hydroxyl groups excluding tert-OH is 3. The van der Waals surface area contributed by atoms with Crippen LogP contribution in [0.1, 0.15) is 48.9 Å². The number of likely N-dealkylation sites (tertiary alicyclic amines) is 1. The molecule has 0 spiro atoms. The minimum Gasteiger partial charge on any atom is -0.506 e. The van der Waals surface area contributed by atoms with Crippen molar-refractivity contribution in [2.45, 2.75) is 57.5 Å². The lowest BCUT2D eigenvalue weighted by molar-refractivity contribution is -0.129. The molecule has 1 saturated heterocycles. The predicted octanol–water partition coefficient (Wildman–Crippen LogP) is 1.06. The number of rotatable bonds is 9. The molecule has 2 atom stereocenters. The van der Waals surface area contributed by atoms with Gasteiger partial charge in [-0.2, -0.15) is 0 Å². The van der Waals surface area contributed by atoms with Gasteiger partial charge >= 0.3 is 0 Å². The van der Waals surface area contributed by atoms with Crippen LogP contribution in [0.3, 0.4) is 0 Å². The van der Waals surface area contributed by atoms with Crippen LogP contribution in [0.15, 0.2) is 36.4 Å². The second-order valence-corrected chi connectivity index (χ2v) is 9.10. The van der Waals surface area contributed by atoms with Crippen molar-refractivity contribution in [3.63, 3.8) is 0 Å². The normalized spacial score (nSPS) is 17.5.